The number of rotatable bonds is 11. The molecule has 39 heavy (non-hydrogen) atoms. The van der Waals surface area contributed by atoms with Gasteiger partial charge in [-0.25, -0.2) is 4.57 Å². The Morgan fingerprint density at radius 3 is 2.74 bits per heavy atom. The smallest absolute Gasteiger partial charge is 0.295 e. The van der Waals surface area contributed by atoms with Gasteiger partial charge < -0.3 is 24.2 Å². The molecule has 1 atom stereocenters. The number of ether oxygens (including phenoxy) is 3. The molecule has 3 aromatic rings. The van der Waals surface area contributed by atoms with Crippen molar-refractivity contribution in [2.45, 2.75) is 45.2 Å². The number of nitrogens with zero attached hydrogens (tertiary/aromatic N) is 2. The number of unbranched alkanes of at least 4 members (excludes halogenated alkanes) is 2. The number of aryl methyl sites for hydroxylation is 1. The zero-order chi connectivity index (χ0) is 27.2. The van der Waals surface area contributed by atoms with Crippen LogP contribution in [-0.2, 0) is 16.1 Å². The zero-order valence-electron chi connectivity index (χ0n) is 22.1. The second-order valence-electron chi connectivity index (χ2n) is 9.68. The van der Waals surface area contributed by atoms with E-state index in [1.165, 1.54) is 0 Å². The van der Waals surface area contributed by atoms with Crippen LogP contribution in [0.2, 0.25) is 0 Å². The molecule has 0 saturated carbocycles. The van der Waals surface area contributed by atoms with E-state index in [2.05, 4.69) is 11.9 Å². The minimum absolute atomic E-state index is 0.0501. The van der Waals surface area contributed by atoms with Gasteiger partial charge >= 0.3 is 0 Å². The number of carbonyl (C=O) groups excluding carboxylic acids is 2. The monoisotopic (exact) mass is 532 g/mol. The van der Waals surface area contributed by atoms with Crippen LogP contribution < -0.4 is 18.8 Å². The summed E-state index contributed by atoms with van der Waals surface area (Å²) in [5.41, 5.74) is 1.14. The highest BCUT2D eigenvalue weighted by Crippen LogP contribution is 2.41. The van der Waals surface area contributed by atoms with Crippen molar-refractivity contribution in [1.82, 2.24) is 9.88 Å². The molecule has 9 heteroatoms. The van der Waals surface area contributed by atoms with Gasteiger partial charge in [-0.1, -0.05) is 31.9 Å². The van der Waals surface area contributed by atoms with E-state index < -0.39 is 17.7 Å². The van der Waals surface area contributed by atoms with Gasteiger partial charge in [-0.3, -0.25) is 14.6 Å². The molecule has 3 heterocycles. The second-order valence-corrected chi connectivity index (χ2v) is 9.68. The molecule has 2 aliphatic rings. The summed E-state index contributed by atoms with van der Waals surface area (Å²) in [7, 11) is 0. The molecule has 0 bridgehead atoms. The first kappa shape index (κ1) is 26.3. The van der Waals surface area contributed by atoms with Gasteiger partial charge in [0, 0.05) is 18.5 Å². The Morgan fingerprint density at radius 1 is 1.10 bits per heavy atom. The molecule has 2 aromatic carbocycles. The molecule has 5 rings (SSSR count). The van der Waals surface area contributed by atoms with Gasteiger partial charge in [0.05, 0.1) is 24.8 Å². The van der Waals surface area contributed by atoms with Crippen LogP contribution in [0.15, 0.2) is 66.8 Å². The number of ketones is 1. The van der Waals surface area contributed by atoms with Crippen LogP contribution in [0, 0.1) is 0 Å². The molecule has 1 fully saturated rings. The number of benzene rings is 2. The molecule has 1 saturated heterocycles. The van der Waals surface area contributed by atoms with E-state index >= 15 is 0 Å². The predicted octanol–water partition coefficient (Wildman–Crippen LogP) is 4.15. The van der Waals surface area contributed by atoms with Crippen molar-refractivity contribution in [1.29, 1.82) is 0 Å². The number of imidazole rings is 1. The van der Waals surface area contributed by atoms with Crippen molar-refractivity contribution in [3.05, 3.63) is 77.9 Å². The van der Waals surface area contributed by atoms with Gasteiger partial charge in [-0.15, -0.1) is 0 Å². The van der Waals surface area contributed by atoms with Crippen LogP contribution in [0.3, 0.4) is 0 Å². The minimum Gasteiger partial charge on any atom is -0.507 e. The summed E-state index contributed by atoms with van der Waals surface area (Å²) in [5.74, 6) is 0.138. The van der Waals surface area contributed by atoms with E-state index in [1.807, 2.05) is 47.6 Å². The maximum atomic E-state index is 13.4. The molecular formula is C30H34N3O6+. The summed E-state index contributed by atoms with van der Waals surface area (Å²) < 4.78 is 19.2. The number of fused-ring (bicyclic) bond motifs is 1. The summed E-state index contributed by atoms with van der Waals surface area (Å²) >= 11 is 0. The molecule has 1 unspecified atom stereocenters. The highest BCUT2D eigenvalue weighted by Gasteiger charge is 2.46. The number of aliphatic hydroxyl groups excluding tert-OH is 1. The third-order valence-electron chi connectivity index (χ3n) is 6.96. The number of aromatic nitrogens is 2. The number of nitrogens with one attached hydrogen (secondary N) is 1. The fourth-order valence-electron chi connectivity index (χ4n) is 5.00. The summed E-state index contributed by atoms with van der Waals surface area (Å²) in [6.45, 7) is 4.57. The van der Waals surface area contributed by atoms with Crippen LogP contribution in [0.4, 0.5) is 0 Å². The topological polar surface area (TPSA) is 105 Å². The fraction of sp³-hybridized carbons (Fsp3) is 0.367. The molecule has 0 spiro atoms. The zero-order valence-corrected chi connectivity index (χ0v) is 22.1. The third-order valence-corrected chi connectivity index (χ3v) is 6.96. The van der Waals surface area contributed by atoms with Crippen molar-refractivity contribution < 1.29 is 33.5 Å². The summed E-state index contributed by atoms with van der Waals surface area (Å²) in [6.07, 6.45) is 9.32. The molecule has 1 amide bonds. The minimum atomic E-state index is -0.756. The van der Waals surface area contributed by atoms with E-state index in [0.29, 0.717) is 67.7 Å². The van der Waals surface area contributed by atoms with Crippen molar-refractivity contribution in [2.75, 3.05) is 26.4 Å². The Morgan fingerprint density at radius 2 is 1.95 bits per heavy atom. The first-order chi connectivity index (χ1) is 19.1. The van der Waals surface area contributed by atoms with Crippen molar-refractivity contribution >= 4 is 17.4 Å². The van der Waals surface area contributed by atoms with E-state index in [9.17, 15) is 14.7 Å². The first-order valence-corrected chi connectivity index (χ1v) is 13.5. The number of likely N-dealkylation sites (tertiary alicyclic amines) is 1. The molecule has 9 nitrogen and oxygen atoms in total. The van der Waals surface area contributed by atoms with Crippen molar-refractivity contribution in [3.8, 4) is 17.2 Å². The van der Waals surface area contributed by atoms with Crippen LogP contribution in [0.5, 0.6) is 17.2 Å². The number of hydrogen-bond acceptors (Lipinski definition) is 6. The number of aromatic amines is 1. The molecule has 204 valence electrons. The number of Topliss-reactive ketones (excluding diaryl/α,β-unsaturated/α-hetero) is 1. The van der Waals surface area contributed by atoms with Gasteiger partial charge in [0.15, 0.2) is 11.5 Å². The molecule has 0 radical (unpaired) electrons. The van der Waals surface area contributed by atoms with Crippen LogP contribution in [-0.4, -0.2) is 53.0 Å². The lowest BCUT2D eigenvalue weighted by molar-refractivity contribution is -0.695. The number of H-pyrrole nitrogens is 1. The molecule has 1 aromatic heterocycles. The SMILES string of the molecule is CCCCCOc1cccc(C2C(=C(O)c3ccc4c(c3)OCCO4)C(=O)C(=O)N2CCC[n+]2cc[nH]c2)c1. The fourth-order valence-corrected chi connectivity index (χ4v) is 5.00. The van der Waals surface area contributed by atoms with Crippen molar-refractivity contribution in [2.24, 2.45) is 0 Å². The Kier molecular flexibility index (Phi) is 8.15. The molecule has 2 aliphatic heterocycles. The Hall–Kier alpha value is -4.27. The number of hydrogen-bond donors (Lipinski definition) is 2. The Bertz CT molecular complexity index is 1350. The van der Waals surface area contributed by atoms with Gasteiger partial charge in [0.25, 0.3) is 11.7 Å². The summed E-state index contributed by atoms with van der Waals surface area (Å²) in [5, 5.41) is 11.4. The maximum Gasteiger partial charge on any atom is 0.295 e. The predicted molar refractivity (Wildman–Crippen MR) is 144 cm³/mol. The van der Waals surface area contributed by atoms with E-state index in [0.717, 1.165) is 19.3 Å². The highest BCUT2D eigenvalue weighted by molar-refractivity contribution is 6.46. The number of aliphatic hydroxyl groups is 1. The molecule has 0 aliphatic carbocycles. The average molecular weight is 533 g/mol. The Labute approximate surface area is 227 Å². The van der Waals surface area contributed by atoms with Gasteiger partial charge in [0.2, 0.25) is 6.33 Å². The summed E-state index contributed by atoms with van der Waals surface area (Å²) in [6, 6.07) is 11.7. The van der Waals surface area contributed by atoms with Crippen LogP contribution in [0.25, 0.3) is 5.76 Å². The highest BCUT2D eigenvalue weighted by atomic mass is 16.6. The van der Waals surface area contributed by atoms with Gasteiger partial charge in [-0.2, -0.15) is 0 Å². The van der Waals surface area contributed by atoms with Crippen LogP contribution in [0.1, 0.15) is 49.8 Å². The van der Waals surface area contributed by atoms with Gasteiger partial charge in [-0.05, 0) is 42.3 Å². The average Bonchev–Trinajstić information content (AvgIpc) is 3.57. The largest absolute Gasteiger partial charge is 0.507 e. The molecule has 2 N–H and O–H groups in total. The Balaban J connectivity index is 1.49. The quantitative estimate of drug-likeness (QED) is 0.126. The van der Waals surface area contributed by atoms with E-state index in [4.69, 9.17) is 14.2 Å². The second kappa shape index (κ2) is 12.1. The normalized spacial score (nSPS) is 18.0. The lowest BCUT2D eigenvalue weighted by Crippen LogP contribution is -2.36. The van der Waals surface area contributed by atoms with Crippen LogP contribution >= 0.6 is 0 Å². The number of carbonyl (C=O) groups is 2. The first-order valence-electron chi connectivity index (χ1n) is 13.5. The number of amides is 1. The summed E-state index contributed by atoms with van der Waals surface area (Å²) in [4.78, 5) is 31.3. The van der Waals surface area contributed by atoms with Gasteiger partial charge in [0.1, 0.15) is 37.1 Å². The maximum absolute atomic E-state index is 13.4. The molecular weight excluding hydrogens is 498 g/mol. The van der Waals surface area contributed by atoms with E-state index in [-0.39, 0.29) is 11.3 Å². The lowest BCUT2D eigenvalue weighted by atomic mass is 9.95. The third kappa shape index (κ3) is 5.77. The van der Waals surface area contributed by atoms with Crippen molar-refractivity contribution in [3.63, 3.8) is 0 Å². The lowest BCUT2D eigenvalue weighted by Gasteiger charge is -2.25. The standard InChI is InChI=1S/C30H33N3O6/c1-2-3-4-15-37-23-8-5-7-21(18-23)27-26(28(34)22-9-10-24-25(19-22)39-17-16-38-24)29(35)30(36)33(27)13-6-12-32-14-11-31-20-32/h5,7-11,14,18-20,27H,2-4,6,12-13,15-17H2,1H3,(H,34,35)/p+1. The van der Waals surface area contributed by atoms with E-state index in [1.54, 1.807) is 23.1 Å².